The van der Waals surface area contributed by atoms with Gasteiger partial charge in [0.15, 0.2) is 0 Å². The Morgan fingerprint density at radius 1 is 1.17 bits per heavy atom. The molecule has 6 heteroatoms. The van der Waals surface area contributed by atoms with Crippen molar-refractivity contribution in [1.82, 2.24) is 9.88 Å². The summed E-state index contributed by atoms with van der Waals surface area (Å²) in [6.07, 6.45) is 1.84. The molecule has 1 aromatic heterocycles. The molecule has 0 unspecified atom stereocenters. The number of methoxy groups -OCH3 is 1. The molecule has 128 valence electrons. The van der Waals surface area contributed by atoms with Crippen molar-refractivity contribution >= 4 is 5.82 Å². The van der Waals surface area contributed by atoms with Crippen LogP contribution in [0.5, 0.6) is 0 Å². The number of morpholine rings is 1. The molecule has 0 radical (unpaired) electrons. The highest BCUT2D eigenvalue weighted by Crippen LogP contribution is 2.24. The van der Waals surface area contributed by atoms with E-state index < -0.39 is 0 Å². The fourth-order valence-corrected chi connectivity index (χ4v) is 3.10. The largest absolute Gasteiger partial charge is 0.381 e. The molecule has 0 saturated carbocycles. The molecule has 3 rings (SSSR count). The number of aromatic nitrogens is 1. The summed E-state index contributed by atoms with van der Waals surface area (Å²) in [5, 5.41) is 3.45. The van der Waals surface area contributed by atoms with E-state index in [1.54, 1.807) is 7.11 Å². The minimum absolute atomic E-state index is 0.139. The van der Waals surface area contributed by atoms with E-state index in [9.17, 15) is 0 Å². The highest BCUT2D eigenvalue weighted by Gasteiger charge is 2.32. The van der Waals surface area contributed by atoms with Crippen LogP contribution >= 0.6 is 0 Å². The first-order valence-corrected chi connectivity index (χ1v) is 8.42. The first kappa shape index (κ1) is 16.6. The van der Waals surface area contributed by atoms with E-state index in [2.05, 4.69) is 22.3 Å². The van der Waals surface area contributed by atoms with Gasteiger partial charge in [0, 0.05) is 59.3 Å². The van der Waals surface area contributed by atoms with Crippen LogP contribution in [0.4, 0.5) is 5.82 Å². The lowest BCUT2D eigenvalue weighted by atomic mass is 9.94. The van der Waals surface area contributed by atoms with Gasteiger partial charge in [0.2, 0.25) is 0 Å². The maximum atomic E-state index is 5.76. The Morgan fingerprint density at radius 2 is 1.91 bits per heavy atom. The zero-order valence-corrected chi connectivity index (χ0v) is 13.9. The second-order valence-electron chi connectivity index (χ2n) is 6.26. The summed E-state index contributed by atoms with van der Waals surface area (Å²) in [6, 6.07) is 6.17. The van der Waals surface area contributed by atoms with Crippen molar-refractivity contribution in [3.8, 4) is 0 Å². The Morgan fingerprint density at radius 3 is 2.65 bits per heavy atom. The fraction of sp³-hybridized carbons (Fsp3) is 0.706. The monoisotopic (exact) mass is 321 g/mol. The predicted octanol–water partition coefficient (Wildman–Crippen LogP) is 1.52. The molecule has 1 N–H and O–H groups in total. The summed E-state index contributed by atoms with van der Waals surface area (Å²) in [7, 11) is 1.79. The SMILES string of the molecule is COC1(CNc2cccc(CN3CCOCC3)n2)CCOCC1. The quantitative estimate of drug-likeness (QED) is 0.857. The van der Waals surface area contributed by atoms with E-state index >= 15 is 0 Å². The van der Waals surface area contributed by atoms with E-state index in [1.165, 1.54) is 0 Å². The minimum atomic E-state index is -0.139. The molecule has 0 amide bonds. The Bertz CT molecular complexity index is 486. The first-order chi connectivity index (χ1) is 11.3. The number of hydrogen-bond acceptors (Lipinski definition) is 6. The fourth-order valence-electron chi connectivity index (χ4n) is 3.10. The lowest BCUT2D eigenvalue weighted by Gasteiger charge is -2.36. The van der Waals surface area contributed by atoms with Crippen molar-refractivity contribution in [1.29, 1.82) is 0 Å². The predicted molar refractivity (Wildman–Crippen MR) is 88.6 cm³/mol. The Labute approximate surface area is 138 Å². The number of ether oxygens (including phenoxy) is 3. The molecule has 2 fully saturated rings. The van der Waals surface area contributed by atoms with Crippen LogP contribution < -0.4 is 5.32 Å². The molecule has 23 heavy (non-hydrogen) atoms. The van der Waals surface area contributed by atoms with Gasteiger partial charge in [0.05, 0.1) is 24.5 Å². The Balaban J connectivity index is 1.56. The van der Waals surface area contributed by atoms with Gasteiger partial charge in [-0.2, -0.15) is 0 Å². The molecule has 0 bridgehead atoms. The third-order valence-corrected chi connectivity index (χ3v) is 4.72. The van der Waals surface area contributed by atoms with Gasteiger partial charge in [0.1, 0.15) is 5.82 Å². The summed E-state index contributed by atoms with van der Waals surface area (Å²) in [6.45, 7) is 6.76. The second-order valence-corrected chi connectivity index (χ2v) is 6.26. The molecule has 0 aliphatic carbocycles. The number of hydrogen-bond donors (Lipinski definition) is 1. The van der Waals surface area contributed by atoms with E-state index in [-0.39, 0.29) is 5.60 Å². The van der Waals surface area contributed by atoms with Crippen molar-refractivity contribution in [3.63, 3.8) is 0 Å². The summed E-state index contributed by atoms with van der Waals surface area (Å²) >= 11 is 0. The van der Waals surface area contributed by atoms with Crippen LogP contribution in [0.1, 0.15) is 18.5 Å². The third kappa shape index (κ3) is 4.64. The van der Waals surface area contributed by atoms with Crippen molar-refractivity contribution in [2.24, 2.45) is 0 Å². The van der Waals surface area contributed by atoms with Crippen LogP contribution in [0, 0.1) is 0 Å². The molecule has 2 aliphatic rings. The number of rotatable bonds is 6. The Hall–Kier alpha value is -1.21. The molecular weight excluding hydrogens is 294 g/mol. The summed E-state index contributed by atoms with van der Waals surface area (Å²) < 4.78 is 16.6. The van der Waals surface area contributed by atoms with Gasteiger partial charge < -0.3 is 19.5 Å². The molecule has 2 aliphatic heterocycles. The third-order valence-electron chi connectivity index (χ3n) is 4.72. The molecular formula is C17H27N3O3. The average molecular weight is 321 g/mol. The van der Waals surface area contributed by atoms with Gasteiger partial charge >= 0.3 is 0 Å². The van der Waals surface area contributed by atoms with E-state index in [1.807, 2.05) is 6.07 Å². The molecule has 0 atom stereocenters. The standard InChI is InChI=1S/C17H27N3O3/c1-21-17(5-9-22-10-6-17)14-18-16-4-2-3-15(19-16)13-20-7-11-23-12-8-20/h2-4H,5-14H2,1H3,(H,18,19). The average Bonchev–Trinajstić information content (AvgIpc) is 2.62. The number of pyridine rings is 1. The second kappa shape index (κ2) is 8.06. The summed E-state index contributed by atoms with van der Waals surface area (Å²) in [4.78, 5) is 7.12. The van der Waals surface area contributed by atoms with Gasteiger partial charge in [-0.1, -0.05) is 6.07 Å². The molecule has 0 aromatic carbocycles. The lowest BCUT2D eigenvalue weighted by Crippen LogP contribution is -2.44. The van der Waals surface area contributed by atoms with Crippen molar-refractivity contribution in [3.05, 3.63) is 23.9 Å². The molecule has 1 aromatic rings. The maximum absolute atomic E-state index is 5.76. The lowest BCUT2D eigenvalue weighted by molar-refractivity contribution is -0.0807. The van der Waals surface area contributed by atoms with Gasteiger partial charge in [-0.05, 0) is 12.1 Å². The molecule has 3 heterocycles. The van der Waals surface area contributed by atoms with Crippen molar-refractivity contribution in [2.75, 3.05) is 58.5 Å². The van der Waals surface area contributed by atoms with Crippen LogP contribution in [0.15, 0.2) is 18.2 Å². The van der Waals surface area contributed by atoms with Gasteiger partial charge in [-0.3, -0.25) is 4.90 Å². The molecule has 2 saturated heterocycles. The molecule has 0 spiro atoms. The summed E-state index contributed by atoms with van der Waals surface area (Å²) in [5.74, 6) is 0.915. The highest BCUT2D eigenvalue weighted by atomic mass is 16.5. The normalized spacial score (nSPS) is 22.0. The van der Waals surface area contributed by atoms with Gasteiger partial charge in [0.25, 0.3) is 0 Å². The van der Waals surface area contributed by atoms with E-state index in [4.69, 9.17) is 19.2 Å². The smallest absolute Gasteiger partial charge is 0.126 e. The van der Waals surface area contributed by atoms with Crippen LogP contribution in [-0.4, -0.2) is 68.7 Å². The number of nitrogens with zero attached hydrogens (tertiary/aromatic N) is 2. The number of nitrogens with one attached hydrogen (secondary N) is 1. The van der Waals surface area contributed by atoms with Crippen LogP contribution in [0.25, 0.3) is 0 Å². The topological polar surface area (TPSA) is 55.9 Å². The van der Waals surface area contributed by atoms with Crippen LogP contribution in [-0.2, 0) is 20.8 Å². The number of anilines is 1. The summed E-state index contributed by atoms with van der Waals surface area (Å²) in [5.41, 5.74) is 0.954. The van der Waals surface area contributed by atoms with E-state index in [0.717, 1.165) is 77.0 Å². The zero-order chi connectivity index (χ0) is 16.0. The first-order valence-electron chi connectivity index (χ1n) is 8.42. The van der Waals surface area contributed by atoms with E-state index in [0.29, 0.717) is 0 Å². The zero-order valence-electron chi connectivity index (χ0n) is 13.9. The van der Waals surface area contributed by atoms with Crippen molar-refractivity contribution < 1.29 is 14.2 Å². The maximum Gasteiger partial charge on any atom is 0.126 e. The molecule has 6 nitrogen and oxygen atoms in total. The van der Waals surface area contributed by atoms with Gasteiger partial charge in [-0.15, -0.1) is 0 Å². The minimum Gasteiger partial charge on any atom is -0.381 e. The van der Waals surface area contributed by atoms with Crippen LogP contribution in [0.2, 0.25) is 0 Å². The van der Waals surface area contributed by atoms with Crippen molar-refractivity contribution in [2.45, 2.75) is 25.0 Å². The van der Waals surface area contributed by atoms with Crippen LogP contribution in [0.3, 0.4) is 0 Å². The Kier molecular flexibility index (Phi) is 5.83. The highest BCUT2D eigenvalue weighted by molar-refractivity contribution is 5.36. The van der Waals surface area contributed by atoms with Gasteiger partial charge in [-0.25, -0.2) is 4.98 Å².